The van der Waals surface area contributed by atoms with Crippen LogP contribution >= 0.6 is 11.6 Å². The number of hydrogen-bond acceptors (Lipinski definition) is 3. The summed E-state index contributed by atoms with van der Waals surface area (Å²) in [6.07, 6.45) is 0. The minimum absolute atomic E-state index is 0.0773. The molecule has 0 unspecified atom stereocenters. The van der Waals surface area contributed by atoms with Gasteiger partial charge in [0, 0.05) is 19.5 Å². The van der Waals surface area contributed by atoms with Gasteiger partial charge in [-0.15, -0.1) is 11.6 Å². The van der Waals surface area contributed by atoms with Crippen molar-refractivity contribution in [1.82, 2.24) is 4.31 Å². The van der Waals surface area contributed by atoms with Crippen LogP contribution in [0.5, 0.6) is 0 Å². The molecular weight excluding hydrogens is 260 g/mol. The molecule has 1 rings (SSSR count). The fourth-order valence-corrected chi connectivity index (χ4v) is 2.81. The van der Waals surface area contributed by atoms with Crippen LogP contribution in [0.1, 0.15) is 11.1 Å². The predicted molar refractivity (Wildman–Crippen MR) is 67.1 cm³/mol. The molecule has 0 N–H and O–H groups in total. The molecule has 1 aromatic rings. The van der Waals surface area contributed by atoms with E-state index in [0.717, 1.165) is 0 Å². The van der Waals surface area contributed by atoms with E-state index in [1.54, 1.807) is 24.3 Å². The summed E-state index contributed by atoms with van der Waals surface area (Å²) in [5, 5.41) is 8.63. The molecule has 0 radical (unpaired) electrons. The van der Waals surface area contributed by atoms with E-state index in [4.69, 9.17) is 16.9 Å². The summed E-state index contributed by atoms with van der Waals surface area (Å²) >= 11 is 5.50. The van der Waals surface area contributed by atoms with Crippen molar-refractivity contribution in [3.05, 3.63) is 35.4 Å². The lowest BCUT2D eigenvalue weighted by molar-refractivity contribution is 0.487. The first-order chi connectivity index (χ1) is 7.99. The molecule has 0 saturated heterocycles. The van der Waals surface area contributed by atoms with Gasteiger partial charge in [-0.2, -0.15) is 5.26 Å². The third-order valence-corrected chi connectivity index (χ3v) is 4.31. The quantitative estimate of drug-likeness (QED) is 0.764. The lowest BCUT2D eigenvalue weighted by atomic mass is 10.2. The summed E-state index contributed by atoms with van der Waals surface area (Å²) in [5.41, 5.74) is 1.17. The molecule has 0 spiro atoms. The number of rotatable bonds is 5. The fraction of sp³-hybridized carbons (Fsp3) is 0.364. The summed E-state index contributed by atoms with van der Waals surface area (Å²) in [5.74, 6) is 0.190. The molecule has 0 heterocycles. The van der Waals surface area contributed by atoms with E-state index in [1.807, 2.05) is 6.07 Å². The van der Waals surface area contributed by atoms with Crippen LogP contribution in [0.2, 0.25) is 0 Å². The molecule has 92 valence electrons. The minimum atomic E-state index is -3.33. The Morgan fingerprint density at radius 3 is 2.41 bits per heavy atom. The molecular formula is C11H13ClN2O2S. The Balaban J connectivity index is 2.80. The van der Waals surface area contributed by atoms with Crippen LogP contribution < -0.4 is 0 Å². The summed E-state index contributed by atoms with van der Waals surface area (Å²) in [6.45, 7) is 0.292. The SMILES string of the molecule is CN(CCCl)S(=O)(=O)Cc1ccc(C#N)cc1. The highest BCUT2D eigenvalue weighted by Crippen LogP contribution is 2.10. The Morgan fingerprint density at radius 2 is 1.94 bits per heavy atom. The highest BCUT2D eigenvalue weighted by molar-refractivity contribution is 7.88. The smallest absolute Gasteiger partial charge is 0.212 e. The van der Waals surface area contributed by atoms with Crippen LogP contribution in [0.25, 0.3) is 0 Å². The maximum absolute atomic E-state index is 11.8. The molecule has 0 amide bonds. The van der Waals surface area contributed by atoms with Crippen molar-refractivity contribution < 1.29 is 8.42 Å². The Hall–Kier alpha value is -1.09. The van der Waals surface area contributed by atoms with E-state index in [9.17, 15) is 8.42 Å². The standard InChI is InChI=1S/C11H13ClN2O2S/c1-14(7-6-12)17(15,16)9-11-4-2-10(8-13)3-5-11/h2-5H,6-7,9H2,1H3. The second kappa shape index (κ2) is 6.01. The van der Waals surface area contributed by atoms with Gasteiger partial charge in [-0.05, 0) is 17.7 Å². The first-order valence-electron chi connectivity index (χ1n) is 4.98. The van der Waals surface area contributed by atoms with E-state index in [-0.39, 0.29) is 11.6 Å². The number of halogens is 1. The van der Waals surface area contributed by atoms with Gasteiger partial charge in [0.25, 0.3) is 0 Å². The third kappa shape index (κ3) is 4.00. The number of nitriles is 1. The summed E-state index contributed by atoms with van der Waals surface area (Å²) < 4.78 is 24.9. The Morgan fingerprint density at radius 1 is 1.35 bits per heavy atom. The van der Waals surface area contributed by atoms with Crippen LogP contribution in [0.15, 0.2) is 24.3 Å². The number of benzene rings is 1. The van der Waals surface area contributed by atoms with E-state index in [0.29, 0.717) is 17.7 Å². The minimum Gasteiger partial charge on any atom is -0.212 e. The fourth-order valence-electron chi connectivity index (χ4n) is 1.25. The van der Waals surface area contributed by atoms with Crippen molar-refractivity contribution in [3.63, 3.8) is 0 Å². The average molecular weight is 273 g/mol. The monoisotopic (exact) mass is 272 g/mol. The molecule has 6 heteroatoms. The second-order valence-electron chi connectivity index (χ2n) is 3.58. The van der Waals surface area contributed by atoms with Crippen molar-refractivity contribution in [3.8, 4) is 6.07 Å². The second-order valence-corrected chi connectivity index (χ2v) is 6.03. The van der Waals surface area contributed by atoms with Crippen molar-refractivity contribution in [1.29, 1.82) is 5.26 Å². The lowest BCUT2D eigenvalue weighted by Crippen LogP contribution is -2.29. The number of hydrogen-bond donors (Lipinski definition) is 0. The van der Waals surface area contributed by atoms with Gasteiger partial charge in [-0.3, -0.25) is 0 Å². The Labute approximate surface area is 106 Å². The van der Waals surface area contributed by atoms with Gasteiger partial charge in [0.2, 0.25) is 10.0 Å². The van der Waals surface area contributed by atoms with Crippen LogP contribution in [0, 0.1) is 11.3 Å². The van der Waals surface area contributed by atoms with Crippen molar-refractivity contribution >= 4 is 21.6 Å². The number of sulfonamides is 1. The molecule has 0 atom stereocenters. The molecule has 4 nitrogen and oxygen atoms in total. The van der Waals surface area contributed by atoms with Gasteiger partial charge in [0.1, 0.15) is 0 Å². The van der Waals surface area contributed by atoms with Gasteiger partial charge in [0.05, 0.1) is 17.4 Å². The summed E-state index contributed by atoms with van der Waals surface area (Å²) in [6, 6.07) is 8.48. The van der Waals surface area contributed by atoms with Gasteiger partial charge >= 0.3 is 0 Å². The highest BCUT2D eigenvalue weighted by Gasteiger charge is 2.17. The molecule has 0 saturated carbocycles. The number of nitrogens with zero attached hydrogens (tertiary/aromatic N) is 2. The topological polar surface area (TPSA) is 61.2 Å². The lowest BCUT2D eigenvalue weighted by Gasteiger charge is -2.15. The van der Waals surface area contributed by atoms with E-state index in [1.165, 1.54) is 11.4 Å². The molecule has 0 fully saturated rings. The maximum atomic E-state index is 11.8. The van der Waals surface area contributed by atoms with Crippen LogP contribution in [0.4, 0.5) is 0 Å². The van der Waals surface area contributed by atoms with Gasteiger partial charge in [-0.25, -0.2) is 12.7 Å². The molecule has 0 bridgehead atoms. The Kier molecular flexibility index (Phi) is 4.94. The van der Waals surface area contributed by atoms with Gasteiger partial charge in [0.15, 0.2) is 0 Å². The van der Waals surface area contributed by atoms with Crippen LogP contribution in [-0.2, 0) is 15.8 Å². The van der Waals surface area contributed by atoms with Gasteiger partial charge in [-0.1, -0.05) is 12.1 Å². The largest absolute Gasteiger partial charge is 0.218 e. The van der Waals surface area contributed by atoms with Crippen molar-refractivity contribution in [2.75, 3.05) is 19.5 Å². The third-order valence-electron chi connectivity index (χ3n) is 2.31. The normalized spacial score (nSPS) is 11.4. The molecule has 1 aromatic carbocycles. The van der Waals surface area contributed by atoms with E-state index < -0.39 is 10.0 Å². The van der Waals surface area contributed by atoms with Crippen LogP contribution in [-0.4, -0.2) is 32.2 Å². The zero-order chi connectivity index (χ0) is 12.9. The zero-order valence-electron chi connectivity index (χ0n) is 9.43. The highest BCUT2D eigenvalue weighted by atomic mass is 35.5. The van der Waals surface area contributed by atoms with Crippen molar-refractivity contribution in [2.45, 2.75) is 5.75 Å². The molecule has 0 aliphatic carbocycles. The Bertz CT molecular complexity index is 505. The van der Waals surface area contributed by atoms with E-state index >= 15 is 0 Å². The maximum Gasteiger partial charge on any atom is 0.218 e. The predicted octanol–water partition coefficient (Wildman–Crippen LogP) is 1.56. The van der Waals surface area contributed by atoms with Gasteiger partial charge < -0.3 is 0 Å². The molecule has 0 aliphatic rings. The summed E-state index contributed by atoms with van der Waals surface area (Å²) in [4.78, 5) is 0. The van der Waals surface area contributed by atoms with Crippen LogP contribution in [0.3, 0.4) is 0 Å². The molecule has 17 heavy (non-hydrogen) atoms. The molecule has 0 aliphatic heterocycles. The van der Waals surface area contributed by atoms with Crippen molar-refractivity contribution in [2.24, 2.45) is 0 Å². The first-order valence-corrected chi connectivity index (χ1v) is 7.13. The van der Waals surface area contributed by atoms with E-state index in [2.05, 4.69) is 0 Å². The average Bonchev–Trinajstić information content (AvgIpc) is 2.30. The molecule has 0 aromatic heterocycles. The summed E-state index contributed by atoms with van der Waals surface area (Å²) in [7, 11) is -1.83. The first kappa shape index (κ1) is 14.0. The zero-order valence-corrected chi connectivity index (χ0v) is 11.0. The number of alkyl halides is 1.